The van der Waals surface area contributed by atoms with Crippen LogP contribution >= 0.6 is 12.4 Å². The summed E-state index contributed by atoms with van der Waals surface area (Å²) in [7, 11) is 0. The Kier molecular flexibility index (Phi) is 7.41. The minimum Gasteiger partial charge on any atom is -0.508 e. The molecule has 0 amide bonds. The highest BCUT2D eigenvalue weighted by Gasteiger charge is 2.19. The van der Waals surface area contributed by atoms with E-state index < -0.39 is 0 Å². The lowest BCUT2D eigenvalue weighted by atomic mass is 9.90. The Balaban J connectivity index is 0.00000208. The fraction of sp³-hybridized carbons (Fsp3) is 0.400. The normalized spacial score (nSPS) is 15.7. The maximum Gasteiger partial charge on any atom is 0.119 e. The van der Waals surface area contributed by atoms with Gasteiger partial charge in [0.2, 0.25) is 0 Å². The minimum atomic E-state index is 0. The van der Waals surface area contributed by atoms with E-state index in [1.807, 2.05) is 0 Å². The maximum atomic E-state index is 9.25. The van der Waals surface area contributed by atoms with Crippen molar-refractivity contribution in [2.24, 2.45) is 5.92 Å². The first-order valence-electron chi connectivity index (χ1n) is 8.48. The number of nitrogens with zero attached hydrogens (tertiary/aromatic N) is 1. The average molecular weight is 348 g/mol. The Bertz CT molecular complexity index is 580. The molecule has 1 aliphatic rings. The zero-order valence-corrected chi connectivity index (χ0v) is 14.8. The van der Waals surface area contributed by atoms with E-state index in [1.165, 1.54) is 24.8 Å². The van der Waals surface area contributed by atoms with Crippen LogP contribution in [0.4, 0.5) is 0 Å². The molecular weight excluding hydrogens is 322 g/mol. The quantitative estimate of drug-likeness (QED) is 0.852. The zero-order chi connectivity index (χ0) is 15.9. The Labute approximate surface area is 150 Å². The standard InChI is InChI=1S/C20H25NO2.ClH/c22-19-6-8-20(9-7-19)23-15-14-21-12-10-18(11-13-21)16-17-4-2-1-3-5-17;/h1-9,18,22H,10-16H2;1H. The second-order valence-electron chi connectivity index (χ2n) is 6.32. The Morgan fingerprint density at radius 1 is 0.958 bits per heavy atom. The number of benzene rings is 2. The fourth-order valence-electron chi connectivity index (χ4n) is 3.20. The Hall–Kier alpha value is -1.71. The van der Waals surface area contributed by atoms with Crippen molar-refractivity contribution in [3.63, 3.8) is 0 Å². The zero-order valence-electron chi connectivity index (χ0n) is 13.9. The number of halogens is 1. The molecule has 0 bridgehead atoms. The number of piperidine rings is 1. The first kappa shape index (κ1) is 18.6. The van der Waals surface area contributed by atoms with Crippen LogP contribution < -0.4 is 4.74 Å². The summed E-state index contributed by atoms with van der Waals surface area (Å²) in [5, 5.41) is 9.25. The number of likely N-dealkylation sites (tertiary alicyclic amines) is 1. The van der Waals surface area contributed by atoms with E-state index >= 15 is 0 Å². The van der Waals surface area contributed by atoms with Crippen LogP contribution in [0.2, 0.25) is 0 Å². The van der Waals surface area contributed by atoms with Gasteiger partial charge in [-0.25, -0.2) is 0 Å². The lowest BCUT2D eigenvalue weighted by molar-refractivity contribution is 0.155. The number of phenolic OH excluding ortho intramolecular Hbond substituents is 1. The molecule has 1 saturated heterocycles. The van der Waals surface area contributed by atoms with E-state index in [0.29, 0.717) is 6.61 Å². The number of aromatic hydroxyl groups is 1. The van der Waals surface area contributed by atoms with Crippen LogP contribution in [-0.2, 0) is 6.42 Å². The van der Waals surface area contributed by atoms with E-state index in [9.17, 15) is 5.11 Å². The molecule has 0 unspecified atom stereocenters. The number of hydrogen-bond acceptors (Lipinski definition) is 3. The third-order valence-electron chi connectivity index (χ3n) is 4.59. The summed E-state index contributed by atoms with van der Waals surface area (Å²) in [6.45, 7) is 4.00. The molecule has 1 N–H and O–H groups in total. The molecule has 3 nitrogen and oxygen atoms in total. The van der Waals surface area contributed by atoms with E-state index in [1.54, 1.807) is 24.3 Å². The molecule has 0 aromatic heterocycles. The van der Waals surface area contributed by atoms with Gasteiger partial charge in [0.05, 0.1) is 0 Å². The third kappa shape index (κ3) is 5.73. The number of hydrogen-bond donors (Lipinski definition) is 1. The lowest BCUT2D eigenvalue weighted by Gasteiger charge is -2.31. The van der Waals surface area contributed by atoms with Crippen LogP contribution in [0, 0.1) is 5.92 Å². The highest BCUT2D eigenvalue weighted by atomic mass is 35.5. The van der Waals surface area contributed by atoms with Crippen molar-refractivity contribution in [3.05, 3.63) is 60.2 Å². The summed E-state index contributed by atoms with van der Waals surface area (Å²) in [6, 6.07) is 17.7. The van der Waals surface area contributed by atoms with Crippen LogP contribution in [0.25, 0.3) is 0 Å². The van der Waals surface area contributed by atoms with Gasteiger partial charge in [-0.05, 0) is 68.1 Å². The predicted octanol–water partition coefficient (Wildman–Crippen LogP) is 4.15. The summed E-state index contributed by atoms with van der Waals surface area (Å²) in [6.07, 6.45) is 3.75. The summed E-state index contributed by atoms with van der Waals surface area (Å²) in [5.41, 5.74) is 1.46. The number of rotatable bonds is 6. The van der Waals surface area contributed by atoms with Gasteiger partial charge in [-0.1, -0.05) is 30.3 Å². The highest BCUT2D eigenvalue weighted by molar-refractivity contribution is 5.85. The monoisotopic (exact) mass is 347 g/mol. The smallest absolute Gasteiger partial charge is 0.119 e. The molecule has 0 saturated carbocycles. The Morgan fingerprint density at radius 2 is 1.62 bits per heavy atom. The minimum absolute atomic E-state index is 0. The van der Waals surface area contributed by atoms with Gasteiger partial charge in [-0.3, -0.25) is 4.90 Å². The first-order valence-corrected chi connectivity index (χ1v) is 8.48. The van der Waals surface area contributed by atoms with Gasteiger partial charge in [0, 0.05) is 6.54 Å². The van der Waals surface area contributed by atoms with Gasteiger partial charge >= 0.3 is 0 Å². The summed E-state index contributed by atoms with van der Waals surface area (Å²) < 4.78 is 5.73. The van der Waals surface area contributed by atoms with Gasteiger partial charge in [-0.15, -0.1) is 12.4 Å². The predicted molar refractivity (Wildman–Crippen MR) is 100 cm³/mol. The van der Waals surface area contributed by atoms with Gasteiger partial charge in [0.15, 0.2) is 0 Å². The van der Waals surface area contributed by atoms with Crippen LogP contribution in [-0.4, -0.2) is 36.2 Å². The number of ether oxygens (including phenoxy) is 1. The second-order valence-corrected chi connectivity index (χ2v) is 6.32. The largest absolute Gasteiger partial charge is 0.508 e. The summed E-state index contributed by atoms with van der Waals surface area (Å²) >= 11 is 0. The van der Waals surface area contributed by atoms with Gasteiger partial charge in [-0.2, -0.15) is 0 Å². The topological polar surface area (TPSA) is 32.7 Å². The highest BCUT2D eigenvalue weighted by Crippen LogP contribution is 2.21. The van der Waals surface area contributed by atoms with Crippen molar-refractivity contribution in [3.8, 4) is 11.5 Å². The summed E-state index contributed by atoms with van der Waals surface area (Å²) in [5.74, 6) is 1.91. The average Bonchev–Trinajstić information content (AvgIpc) is 2.59. The fourth-order valence-corrected chi connectivity index (χ4v) is 3.20. The molecule has 0 radical (unpaired) electrons. The van der Waals surface area contributed by atoms with Crippen LogP contribution in [0.5, 0.6) is 11.5 Å². The van der Waals surface area contributed by atoms with Crippen molar-refractivity contribution in [1.29, 1.82) is 0 Å². The molecule has 1 fully saturated rings. The van der Waals surface area contributed by atoms with Crippen LogP contribution in [0.1, 0.15) is 18.4 Å². The molecule has 0 spiro atoms. The lowest BCUT2D eigenvalue weighted by Crippen LogP contribution is -2.36. The molecule has 2 aromatic rings. The van der Waals surface area contributed by atoms with Crippen LogP contribution in [0.3, 0.4) is 0 Å². The van der Waals surface area contributed by atoms with E-state index in [0.717, 1.165) is 31.3 Å². The maximum absolute atomic E-state index is 9.25. The van der Waals surface area contributed by atoms with Gasteiger partial charge < -0.3 is 9.84 Å². The van der Waals surface area contributed by atoms with E-state index in [2.05, 4.69) is 35.2 Å². The molecule has 1 heterocycles. The second kappa shape index (κ2) is 9.55. The van der Waals surface area contributed by atoms with Crippen molar-refractivity contribution in [1.82, 2.24) is 4.90 Å². The van der Waals surface area contributed by atoms with Gasteiger partial charge in [0.1, 0.15) is 18.1 Å². The van der Waals surface area contributed by atoms with E-state index in [-0.39, 0.29) is 18.2 Å². The van der Waals surface area contributed by atoms with E-state index in [4.69, 9.17) is 4.74 Å². The molecule has 24 heavy (non-hydrogen) atoms. The van der Waals surface area contributed by atoms with Gasteiger partial charge in [0.25, 0.3) is 0 Å². The molecule has 130 valence electrons. The summed E-state index contributed by atoms with van der Waals surface area (Å²) in [4.78, 5) is 2.49. The molecular formula is C20H26ClNO2. The molecule has 4 heteroatoms. The number of phenols is 1. The third-order valence-corrected chi connectivity index (χ3v) is 4.59. The van der Waals surface area contributed by atoms with Crippen molar-refractivity contribution < 1.29 is 9.84 Å². The van der Waals surface area contributed by atoms with Crippen molar-refractivity contribution in [2.75, 3.05) is 26.2 Å². The van der Waals surface area contributed by atoms with Crippen LogP contribution in [0.15, 0.2) is 54.6 Å². The molecule has 2 aromatic carbocycles. The molecule has 3 rings (SSSR count). The molecule has 1 aliphatic heterocycles. The Morgan fingerprint density at radius 3 is 2.29 bits per heavy atom. The molecule has 0 aliphatic carbocycles. The van der Waals surface area contributed by atoms with Crippen molar-refractivity contribution >= 4 is 12.4 Å². The van der Waals surface area contributed by atoms with Crippen molar-refractivity contribution in [2.45, 2.75) is 19.3 Å². The SMILES string of the molecule is Cl.Oc1ccc(OCCN2CCC(Cc3ccccc3)CC2)cc1. The first-order chi connectivity index (χ1) is 11.3. The molecule has 0 atom stereocenters.